The van der Waals surface area contributed by atoms with Gasteiger partial charge in [0.15, 0.2) is 8.11 Å². The molecule has 0 heterocycles. The average molecular weight is 134 g/mol. The minimum absolute atomic E-state index is 0.526. The van der Waals surface area contributed by atoms with Crippen LogP contribution < -0.4 is 0 Å². The van der Waals surface area contributed by atoms with Gasteiger partial charge < -0.3 is 0 Å². The number of halogens is 1. The normalized spacial score (nSPS) is 9.57. The van der Waals surface area contributed by atoms with Gasteiger partial charge in [0.05, 0.1) is 0 Å². The topological polar surface area (TPSA) is 0 Å². The van der Waals surface area contributed by atoms with Gasteiger partial charge in [-0.25, -0.2) is 0 Å². The molecule has 0 N–H and O–H groups in total. The predicted octanol–water partition coefficient (Wildman–Crippen LogP) is 2.42. The molecule has 0 atom stereocenters. The van der Waals surface area contributed by atoms with Crippen LogP contribution in [-0.4, -0.2) is 8.11 Å². The molecule has 0 aromatic heterocycles. The molecule has 0 saturated heterocycles. The van der Waals surface area contributed by atoms with Gasteiger partial charge in [-0.15, -0.1) is 6.58 Å². The van der Waals surface area contributed by atoms with Crippen LogP contribution in [0.25, 0.3) is 0 Å². The molecule has 0 aromatic carbocycles. The van der Waals surface area contributed by atoms with Gasteiger partial charge in [-0.1, -0.05) is 13.0 Å². The largest absolute Gasteiger partial charge is 0.169 e. The van der Waals surface area contributed by atoms with Crippen molar-refractivity contribution in [1.29, 1.82) is 0 Å². The monoisotopic (exact) mass is 133 g/mol. The fraction of sp³-hybridized carbons (Fsp3) is 0.600. The molecule has 0 aliphatic carbocycles. The molecule has 7 heavy (non-hydrogen) atoms. The third-order valence-electron chi connectivity index (χ3n) is 0.749. The third kappa shape index (κ3) is 4.09. The summed E-state index contributed by atoms with van der Waals surface area (Å²) in [6.45, 7) is 5.71. The van der Waals surface area contributed by atoms with Gasteiger partial charge in [-0.3, -0.25) is 0 Å². The van der Waals surface area contributed by atoms with Crippen LogP contribution in [0.5, 0.6) is 0 Å². The highest BCUT2D eigenvalue weighted by molar-refractivity contribution is 7.07. The number of hydrogen-bond donors (Lipinski definition) is 0. The fourth-order valence-electron chi connectivity index (χ4n) is 0.301. The van der Waals surface area contributed by atoms with E-state index in [0.29, 0.717) is 0 Å². The van der Waals surface area contributed by atoms with Gasteiger partial charge in [-0.05, 0) is 12.1 Å². The zero-order valence-corrected chi connectivity index (χ0v) is 6.33. The summed E-state index contributed by atoms with van der Waals surface area (Å²) in [7, 11) is -0.526. The molecule has 0 aromatic rings. The van der Waals surface area contributed by atoms with Crippen molar-refractivity contribution in [1.82, 2.24) is 0 Å². The van der Waals surface area contributed by atoms with Crippen molar-refractivity contribution in [3.63, 3.8) is 0 Å². The minimum atomic E-state index is -0.526. The van der Waals surface area contributed by atoms with Crippen LogP contribution in [0.4, 0.5) is 0 Å². The summed E-state index contributed by atoms with van der Waals surface area (Å²) in [5.74, 6) is 0. The lowest BCUT2D eigenvalue weighted by Crippen LogP contribution is -1.96. The Kier molecular flexibility index (Phi) is 4.56. The quantitative estimate of drug-likeness (QED) is 0.315. The molecule has 0 fully saturated rings. The van der Waals surface area contributed by atoms with Gasteiger partial charge in [0.25, 0.3) is 0 Å². The van der Waals surface area contributed by atoms with Gasteiger partial charge >= 0.3 is 0 Å². The van der Waals surface area contributed by atoms with Crippen molar-refractivity contribution >= 4 is 19.2 Å². The summed E-state index contributed by atoms with van der Waals surface area (Å²) < 4.78 is 0. The molecule has 0 aliphatic rings. The van der Waals surface area contributed by atoms with E-state index in [1.165, 1.54) is 0 Å². The highest BCUT2D eigenvalue weighted by atomic mass is 35.6. The van der Waals surface area contributed by atoms with E-state index >= 15 is 0 Å². The van der Waals surface area contributed by atoms with Crippen LogP contribution in [-0.2, 0) is 0 Å². The number of hydrogen-bond acceptors (Lipinski definition) is 0. The van der Waals surface area contributed by atoms with Crippen molar-refractivity contribution in [3.8, 4) is 0 Å². The van der Waals surface area contributed by atoms with E-state index in [1.54, 1.807) is 0 Å². The molecule has 0 unspecified atom stereocenters. The van der Waals surface area contributed by atoms with Crippen LogP contribution >= 0.6 is 11.1 Å². The van der Waals surface area contributed by atoms with Gasteiger partial charge in [-0.2, -0.15) is 11.1 Å². The Hall–Kier alpha value is 0.247. The summed E-state index contributed by atoms with van der Waals surface area (Å²) in [5, 5.41) is 0. The minimum Gasteiger partial charge on any atom is -0.169 e. The van der Waals surface area contributed by atoms with E-state index in [4.69, 9.17) is 11.1 Å². The van der Waals surface area contributed by atoms with Crippen LogP contribution in [0.3, 0.4) is 0 Å². The maximum atomic E-state index is 5.80. The first kappa shape index (κ1) is 7.25. The van der Waals surface area contributed by atoms with E-state index in [0.717, 1.165) is 12.1 Å². The summed E-state index contributed by atoms with van der Waals surface area (Å²) in [6, 6.07) is 2.17. The Morgan fingerprint density at radius 1 is 1.86 bits per heavy atom. The average Bonchev–Trinajstić information content (AvgIpc) is 1.68. The van der Waals surface area contributed by atoms with Gasteiger partial charge in [0.1, 0.15) is 0 Å². The SMILES string of the molecule is C=CC[Si](Cl)CC. The van der Waals surface area contributed by atoms with Crippen LogP contribution in [0.1, 0.15) is 6.92 Å². The maximum Gasteiger partial charge on any atom is 0.169 e. The molecular weight excluding hydrogens is 124 g/mol. The summed E-state index contributed by atoms with van der Waals surface area (Å²) in [6.07, 6.45) is 1.89. The predicted molar refractivity (Wildman–Crippen MR) is 37.1 cm³/mol. The Labute approximate surface area is 51.5 Å². The molecular formula is C5H10ClSi. The highest BCUT2D eigenvalue weighted by Crippen LogP contribution is 2.02. The molecule has 0 amide bonds. The molecule has 41 valence electrons. The van der Waals surface area contributed by atoms with Gasteiger partial charge in [0, 0.05) is 0 Å². The first-order chi connectivity index (χ1) is 3.31. The van der Waals surface area contributed by atoms with Crippen molar-refractivity contribution in [2.24, 2.45) is 0 Å². The standard InChI is InChI=1S/C5H10ClSi/c1-3-5-7(6)4-2/h3H,1,4-5H2,2H3. The van der Waals surface area contributed by atoms with Crippen molar-refractivity contribution in [2.75, 3.05) is 0 Å². The second-order valence-corrected chi connectivity index (χ2v) is 5.12. The molecule has 0 saturated carbocycles. The van der Waals surface area contributed by atoms with Crippen LogP contribution in [0.2, 0.25) is 12.1 Å². The third-order valence-corrected chi connectivity index (χ3v) is 3.51. The fourth-order valence-corrected chi connectivity index (χ4v) is 1.23. The van der Waals surface area contributed by atoms with E-state index < -0.39 is 8.11 Å². The molecule has 0 aliphatic heterocycles. The Balaban J connectivity index is 2.98. The molecule has 0 nitrogen and oxygen atoms in total. The Morgan fingerprint density at radius 3 is 2.57 bits per heavy atom. The second kappa shape index (κ2) is 4.41. The van der Waals surface area contributed by atoms with Crippen LogP contribution in [0, 0.1) is 0 Å². The number of rotatable bonds is 3. The van der Waals surface area contributed by atoms with E-state index in [1.807, 2.05) is 6.08 Å². The van der Waals surface area contributed by atoms with Crippen molar-refractivity contribution in [2.45, 2.75) is 19.0 Å². The zero-order chi connectivity index (χ0) is 5.70. The lowest BCUT2D eigenvalue weighted by atomic mass is 10.8. The van der Waals surface area contributed by atoms with Crippen molar-refractivity contribution in [3.05, 3.63) is 12.7 Å². The Bertz CT molecular complexity index is 54.0. The molecule has 0 rings (SSSR count). The summed E-state index contributed by atoms with van der Waals surface area (Å²) >= 11 is 5.80. The summed E-state index contributed by atoms with van der Waals surface area (Å²) in [4.78, 5) is 0. The number of allylic oxidation sites excluding steroid dienone is 1. The highest BCUT2D eigenvalue weighted by Gasteiger charge is 1.98. The molecule has 2 heteroatoms. The Morgan fingerprint density at radius 2 is 2.43 bits per heavy atom. The van der Waals surface area contributed by atoms with E-state index in [2.05, 4.69) is 13.5 Å². The molecule has 0 bridgehead atoms. The van der Waals surface area contributed by atoms with E-state index in [9.17, 15) is 0 Å². The molecule has 0 spiro atoms. The van der Waals surface area contributed by atoms with Crippen LogP contribution in [0.15, 0.2) is 12.7 Å². The first-order valence-corrected chi connectivity index (χ1v) is 5.35. The first-order valence-electron chi connectivity index (χ1n) is 2.42. The zero-order valence-electron chi connectivity index (χ0n) is 4.58. The lowest BCUT2D eigenvalue weighted by molar-refractivity contribution is 1.41. The summed E-state index contributed by atoms with van der Waals surface area (Å²) in [5.41, 5.74) is 0. The van der Waals surface area contributed by atoms with Crippen molar-refractivity contribution < 1.29 is 0 Å². The molecule has 1 radical (unpaired) electrons. The van der Waals surface area contributed by atoms with E-state index in [-0.39, 0.29) is 0 Å². The smallest absolute Gasteiger partial charge is 0.169 e. The maximum absolute atomic E-state index is 5.80. The lowest BCUT2D eigenvalue weighted by Gasteiger charge is -1.93. The second-order valence-electron chi connectivity index (χ2n) is 1.36. The van der Waals surface area contributed by atoms with Gasteiger partial charge in [0.2, 0.25) is 0 Å².